The van der Waals surface area contributed by atoms with Crippen LogP contribution in [-0.2, 0) is 17.7 Å². The Labute approximate surface area is 180 Å². The summed E-state index contributed by atoms with van der Waals surface area (Å²) in [5.74, 6) is 0.0489. The molecule has 0 saturated carbocycles. The molecule has 162 valence electrons. The van der Waals surface area contributed by atoms with Crippen molar-refractivity contribution in [2.45, 2.75) is 39.8 Å². The fraction of sp³-hybridized carbons (Fsp3) is 0.455. The lowest BCUT2D eigenvalue weighted by Crippen LogP contribution is -2.35. The zero-order valence-corrected chi connectivity index (χ0v) is 18.9. The molecule has 0 atom stereocenters. The van der Waals surface area contributed by atoms with Crippen LogP contribution < -0.4 is 14.8 Å². The minimum absolute atomic E-state index is 0.276. The van der Waals surface area contributed by atoms with E-state index in [9.17, 15) is 9.59 Å². The summed E-state index contributed by atoms with van der Waals surface area (Å²) in [5, 5.41) is 3.43. The van der Waals surface area contributed by atoms with Crippen molar-refractivity contribution in [3.05, 3.63) is 39.8 Å². The number of rotatable bonds is 7. The van der Waals surface area contributed by atoms with Crippen molar-refractivity contribution in [3.8, 4) is 11.5 Å². The summed E-state index contributed by atoms with van der Waals surface area (Å²) in [6.45, 7) is 7.98. The molecule has 0 aliphatic carbocycles. The Morgan fingerprint density at radius 1 is 1.23 bits per heavy atom. The van der Waals surface area contributed by atoms with Gasteiger partial charge >= 0.3 is 5.97 Å². The number of benzene rings is 1. The van der Waals surface area contributed by atoms with E-state index in [0.717, 1.165) is 30.0 Å². The molecule has 0 unspecified atom stereocenters. The van der Waals surface area contributed by atoms with Crippen LogP contribution >= 0.6 is 11.3 Å². The van der Waals surface area contributed by atoms with Gasteiger partial charge in [-0.1, -0.05) is 6.07 Å². The first kappa shape index (κ1) is 22.1. The number of amides is 1. The highest BCUT2D eigenvalue weighted by Crippen LogP contribution is 2.39. The number of ether oxygens (including phenoxy) is 3. The number of anilines is 1. The van der Waals surface area contributed by atoms with Crippen molar-refractivity contribution >= 4 is 28.2 Å². The minimum Gasteiger partial charge on any atom is -0.493 e. The molecule has 1 aliphatic rings. The van der Waals surface area contributed by atoms with Crippen LogP contribution in [0.25, 0.3) is 0 Å². The molecule has 1 aliphatic heterocycles. The fourth-order valence-corrected chi connectivity index (χ4v) is 4.86. The molecular weight excluding hydrogens is 404 g/mol. The third kappa shape index (κ3) is 4.29. The van der Waals surface area contributed by atoms with Gasteiger partial charge in [-0.05, 0) is 44.9 Å². The lowest BCUT2D eigenvalue weighted by molar-refractivity contribution is 0.0526. The van der Waals surface area contributed by atoms with Crippen LogP contribution in [0.15, 0.2) is 18.2 Å². The van der Waals surface area contributed by atoms with E-state index in [0.29, 0.717) is 33.7 Å². The van der Waals surface area contributed by atoms with E-state index in [4.69, 9.17) is 14.2 Å². The Balaban J connectivity index is 1.98. The van der Waals surface area contributed by atoms with Gasteiger partial charge in [0.25, 0.3) is 5.91 Å². The maximum absolute atomic E-state index is 13.1. The van der Waals surface area contributed by atoms with Gasteiger partial charge in [0.05, 0.1) is 32.0 Å². The molecule has 8 heteroatoms. The number of carbonyl (C=O) groups excluding carboxylic acids is 2. The molecular formula is C22H28N2O5S. The molecule has 30 heavy (non-hydrogen) atoms. The standard InChI is InChI=1S/C22H28N2O5S/c1-6-29-22(26)18-14-10-11-24(13(2)3)12-17(14)30-21(18)23-20(25)15-8-7-9-16(27-4)19(15)28-5/h7-9,13H,6,10-12H2,1-5H3,(H,23,25). The molecule has 3 rings (SSSR count). The average molecular weight is 433 g/mol. The summed E-state index contributed by atoms with van der Waals surface area (Å²) in [4.78, 5) is 29.2. The molecule has 7 nitrogen and oxygen atoms in total. The van der Waals surface area contributed by atoms with Gasteiger partial charge in [-0.2, -0.15) is 0 Å². The van der Waals surface area contributed by atoms with E-state index in [-0.39, 0.29) is 12.5 Å². The second-order valence-electron chi connectivity index (χ2n) is 7.24. The molecule has 1 amide bonds. The van der Waals surface area contributed by atoms with E-state index < -0.39 is 5.97 Å². The van der Waals surface area contributed by atoms with Crippen LogP contribution in [0.5, 0.6) is 11.5 Å². The largest absolute Gasteiger partial charge is 0.493 e. The van der Waals surface area contributed by atoms with Crippen LogP contribution in [-0.4, -0.2) is 50.2 Å². The molecule has 0 fully saturated rings. The second kappa shape index (κ2) is 9.49. The highest BCUT2D eigenvalue weighted by molar-refractivity contribution is 7.17. The van der Waals surface area contributed by atoms with E-state index >= 15 is 0 Å². The molecule has 0 radical (unpaired) electrons. The van der Waals surface area contributed by atoms with Crippen molar-refractivity contribution in [1.29, 1.82) is 0 Å². The van der Waals surface area contributed by atoms with Gasteiger partial charge in [-0.25, -0.2) is 4.79 Å². The van der Waals surface area contributed by atoms with E-state index in [2.05, 4.69) is 24.1 Å². The Morgan fingerprint density at radius 2 is 2.00 bits per heavy atom. The zero-order chi connectivity index (χ0) is 21.8. The molecule has 0 saturated heterocycles. The molecule has 1 N–H and O–H groups in total. The van der Waals surface area contributed by atoms with Gasteiger partial charge in [0.2, 0.25) is 0 Å². The number of thiophene rings is 1. The number of hydrogen-bond acceptors (Lipinski definition) is 7. The molecule has 2 heterocycles. The molecule has 0 bridgehead atoms. The fourth-order valence-electron chi connectivity index (χ4n) is 3.61. The Bertz CT molecular complexity index is 938. The van der Waals surface area contributed by atoms with Gasteiger partial charge in [0.15, 0.2) is 11.5 Å². The second-order valence-corrected chi connectivity index (χ2v) is 8.34. The van der Waals surface area contributed by atoms with Crippen molar-refractivity contribution in [2.75, 3.05) is 32.7 Å². The van der Waals surface area contributed by atoms with Crippen molar-refractivity contribution in [2.24, 2.45) is 0 Å². The molecule has 1 aromatic heterocycles. The minimum atomic E-state index is -0.402. The van der Waals surface area contributed by atoms with E-state index in [1.807, 2.05) is 0 Å². The number of nitrogens with one attached hydrogen (secondary N) is 1. The third-order valence-corrected chi connectivity index (χ3v) is 6.30. The van der Waals surface area contributed by atoms with Crippen molar-refractivity contribution < 1.29 is 23.8 Å². The maximum Gasteiger partial charge on any atom is 0.341 e. The van der Waals surface area contributed by atoms with Gasteiger partial charge < -0.3 is 19.5 Å². The molecule has 1 aromatic carbocycles. The summed E-state index contributed by atoms with van der Waals surface area (Å²) in [7, 11) is 3.01. The number of fused-ring (bicyclic) bond motifs is 1. The quantitative estimate of drug-likeness (QED) is 0.668. The molecule has 2 aromatic rings. The zero-order valence-electron chi connectivity index (χ0n) is 18.0. The molecule has 0 spiro atoms. The predicted octanol–water partition coefficient (Wildman–Crippen LogP) is 3.96. The highest BCUT2D eigenvalue weighted by atomic mass is 32.1. The lowest BCUT2D eigenvalue weighted by Gasteiger charge is -2.30. The summed E-state index contributed by atoms with van der Waals surface area (Å²) < 4.78 is 16.0. The van der Waals surface area contributed by atoms with Crippen LogP contribution in [0.4, 0.5) is 5.00 Å². The van der Waals surface area contributed by atoms with E-state index in [1.54, 1.807) is 25.1 Å². The van der Waals surface area contributed by atoms with Gasteiger partial charge in [-0.3, -0.25) is 9.69 Å². The smallest absolute Gasteiger partial charge is 0.341 e. The number of carbonyl (C=O) groups is 2. The van der Waals surface area contributed by atoms with Crippen LogP contribution in [0.2, 0.25) is 0 Å². The lowest BCUT2D eigenvalue weighted by atomic mass is 10.0. The average Bonchev–Trinajstić information content (AvgIpc) is 3.09. The first-order valence-corrected chi connectivity index (χ1v) is 10.8. The predicted molar refractivity (Wildman–Crippen MR) is 117 cm³/mol. The summed E-state index contributed by atoms with van der Waals surface area (Å²) >= 11 is 1.44. The first-order valence-electron chi connectivity index (χ1n) is 9.99. The van der Waals surface area contributed by atoms with Crippen molar-refractivity contribution in [1.82, 2.24) is 4.90 Å². The summed E-state index contributed by atoms with van der Waals surface area (Å²) in [6, 6.07) is 5.52. The van der Waals surface area contributed by atoms with Crippen LogP contribution in [0, 0.1) is 0 Å². The number of methoxy groups -OCH3 is 2. The van der Waals surface area contributed by atoms with Crippen LogP contribution in [0.3, 0.4) is 0 Å². The number of para-hydroxylation sites is 1. The monoisotopic (exact) mass is 432 g/mol. The van der Waals surface area contributed by atoms with Gasteiger partial charge in [0.1, 0.15) is 5.00 Å². The number of nitrogens with zero attached hydrogens (tertiary/aromatic N) is 1. The Kier molecular flexibility index (Phi) is 6.99. The SMILES string of the molecule is CCOC(=O)c1c(NC(=O)c2cccc(OC)c2OC)sc2c1CCN(C(C)C)C2. The van der Waals surface area contributed by atoms with Gasteiger partial charge in [-0.15, -0.1) is 11.3 Å². The topological polar surface area (TPSA) is 77.1 Å². The van der Waals surface area contributed by atoms with Crippen molar-refractivity contribution in [3.63, 3.8) is 0 Å². The normalized spacial score (nSPS) is 13.7. The highest BCUT2D eigenvalue weighted by Gasteiger charge is 2.30. The van der Waals surface area contributed by atoms with E-state index in [1.165, 1.54) is 25.6 Å². The summed E-state index contributed by atoms with van der Waals surface area (Å²) in [5.41, 5.74) is 1.78. The first-order chi connectivity index (χ1) is 14.4. The third-order valence-electron chi connectivity index (χ3n) is 5.17. The number of esters is 1. The Morgan fingerprint density at radius 3 is 2.63 bits per heavy atom. The van der Waals surface area contributed by atoms with Crippen LogP contribution in [0.1, 0.15) is 51.9 Å². The number of hydrogen-bond donors (Lipinski definition) is 1. The summed E-state index contributed by atoms with van der Waals surface area (Å²) in [6.07, 6.45) is 0.747. The Hall–Kier alpha value is -2.58. The van der Waals surface area contributed by atoms with Gasteiger partial charge in [0, 0.05) is 24.0 Å². The maximum atomic E-state index is 13.1.